The second-order valence-corrected chi connectivity index (χ2v) is 4.46. The molecule has 0 radical (unpaired) electrons. The number of methoxy groups -OCH3 is 1. The lowest BCUT2D eigenvalue weighted by molar-refractivity contribution is 0.405. The van der Waals surface area contributed by atoms with E-state index in [1.165, 1.54) is 5.56 Å². The average molecular weight is 233 g/mol. The highest BCUT2D eigenvalue weighted by atomic mass is 32.1. The van der Waals surface area contributed by atoms with E-state index in [0.717, 1.165) is 17.7 Å². The third-order valence-electron chi connectivity index (χ3n) is 2.57. The van der Waals surface area contributed by atoms with E-state index in [4.69, 9.17) is 10.5 Å². The minimum Gasteiger partial charge on any atom is -0.496 e. The molecule has 0 spiro atoms. The van der Waals surface area contributed by atoms with Crippen molar-refractivity contribution in [3.63, 3.8) is 0 Å². The van der Waals surface area contributed by atoms with Gasteiger partial charge in [-0.1, -0.05) is 18.2 Å². The maximum Gasteiger partial charge on any atom is 0.123 e. The number of rotatable bonds is 4. The van der Waals surface area contributed by atoms with Crippen LogP contribution in [0.3, 0.4) is 0 Å². The number of hydrogen-bond donors (Lipinski definition) is 1. The lowest BCUT2D eigenvalue weighted by atomic mass is 10.0. The van der Waals surface area contributed by atoms with Crippen LogP contribution in [-0.4, -0.2) is 7.11 Å². The summed E-state index contributed by atoms with van der Waals surface area (Å²) in [7, 11) is 1.68. The summed E-state index contributed by atoms with van der Waals surface area (Å²) in [4.78, 5) is 0. The molecule has 0 saturated heterocycles. The quantitative estimate of drug-likeness (QED) is 0.881. The van der Waals surface area contributed by atoms with E-state index in [-0.39, 0.29) is 6.04 Å². The zero-order chi connectivity index (χ0) is 11.4. The van der Waals surface area contributed by atoms with Crippen molar-refractivity contribution in [3.05, 3.63) is 52.2 Å². The average Bonchev–Trinajstić information content (AvgIpc) is 2.81. The summed E-state index contributed by atoms with van der Waals surface area (Å²) in [5.74, 6) is 0.866. The Morgan fingerprint density at radius 2 is 2.12 bits per heavy atom. The van der Waals surface area contributed by atoms with Crippen molar-refractivity contribution in [1.82, 2.24) is 0 Å². The van der Waals surface area contributed by atoms with Gasteiger partial charge in [-0.05, 0) is 34.9 Å². The lowest BCUT2D eigenvalue weighted by Gasteiger charge is -2.14. The van der Waals surface area contributed by atoms with E-state index in [1.807, 2.05) is 24.3 Å². The molecule has 2 aromatic rings. The summed E-state index contributed by atoms with van der Waals surface area (Å²) in [6, 6.07) is 10.0. The van der Waals surface area contributed by atoms with Crippen molar-refractivity contribution in [2.24, 2.45) is 5.73 Å². The van der Waals surface area contributed by atoms with Gasteiger partial charge in [0.05, 0.1) is 7.11 Å². The molecule has 2 N–H and O–H groups in total. The first-order valence-corrected chi connectivity index (χ1v) is 6.15. The van der Waals surface area contributed by atoms with Crippen molar-refractivity contribution < 1.29 is 4.74 Å². The van der Waals surface area contributed by atoms with Gasteiger partial charge in [0.1, 0.15) is 5.75 Å². The van der Waals surface area contributed by atoms with Crippen molar-refractivity contribution >= 4 is 11.3 Å². The van der Waals surface area contributed by atoms with Crippen molar-refractivity contribution in [2.45, 2.75) is 12.5 Å². The smallest absolute Gasteiger partial charge is 0.123 e. The van der Waals surface area contributed by atoms with Gasteiger partial charge in [0, 0.05) is 11.6 Å². The zero-order valence-electron chi connectivity index (χ0n) is 9.22. The zero-order valence-corrected chi connectivity index (χ0v) is 10.0. The predicted molar refractivity (Wildman–Crippen MR) is 67.9 cm³/mol. The highest BCUT2D eigenvalue weighted by molar-refractivity contribution is 7.07. The number of thiophene rings is 1. The number of nitrogens with two attached hydrogens (primary N) is 1. The van der Waals surface area contributed by atoms with Crippen LogP contribution in [0.15, 0.2) is 41.1 Å². The Labute approximate surface area is 99.7 Å². The van der Waals surface area contributed by atoms with Gasteiger partial charge in [0.2, 0.25) is 0 Å². The number of benzene rings is 1. The van der Waals surface area contributed by atoms with Crippen molar-refractivity contribution in [3.8, 4) is 5.75 Å². The Morgan fingerprint density at radius 3 is 2.81 bits per heavy atom. The number of hydrogen-bond acceptors (Lipinski definition) is 3. The van der Waals surface area contributed by atoms with Crippen LogP contribution >= 0.6 is 11.3 Å². The Morgan fingerprint density at radius 1 is 1.31 bits per heavy atom. The summed E-state index contributed by atoms with van der Waals surface area (Å²) >= 11 is 1.70. The monoisotopic (exact) mass is 233 g/mol. The van der Waals surface area contributed by atoms with E-state index < -0.39 is 0 Å². The van der Waals surface area contributed by atoms with Crippen LogP contribution in [0.2, 0.25) is 0 Å². The SMILES string of the molecule is COc1ccccc1C(N)Cc1ccsc1. The standard InChI is InChI=1S/C13H15NOS/c1-15-13-5-3-2-4-11(13)12(14)8-10-6-7-16-9-10/h2-7,9,12H,8,14H2,1H3. The molecule has 0 saturated carbocycles. The Bertz CT molecular complexity index is 439. The highest BCUT2D eigenvalue weighted by Crippen LogP contribution is 2.26. The Kier molecular flexibility index (Phi) is 3.59. The molecule has 2 nitrogen and oxygen atoms in total. The second-order valence-electron chi connectivity index (χ2n) is 3.68. The van der Waals surface area contributed by atoms with Crippen LogP contribution in [0.5, 0.6) is 5.75 Å². The molecule has 84 valence electrons. The number of para-hydroxylation sites is 1. The van der Waals surface area contributed by atoms with Gasteiger partial charge in [-0.25, -0.2) is 0 Å². The molecule has 0 bridgehead atoms. The van der Waals surface area contributed by atoms with E-state index in [9.17, 15) is 0 Å². The van der Waals surface area contributed by atoms with Gasteiger partial charge in [-0.2, -0.15) is 11.3 Å². The third-order valence-corrected chi connectivity index (χ3v) is 3.31. The summed E-state index contributed by atoms with van der Waals surface area (Å²) in [5, 5.41) is 4.21. The molecule has 3 heteroatoms. The summed E-state index contributed by atoms with van der Waals surface area (Å²) < 4.78 is 5.31. The molecular weight excluding hydrogens is 218 g/mol. The largest absolute Gasteiger partial charge is 0.496 e. The van der Waals surface area contributed by atoms with Crippen LogP contribution < -0.4 is 10.5 Å². The third kappa shape index (κ3) is 2.43. The number of ether oxygens (including phenoxy) is 1. The molecule has 16 heavy (non-hydrogen) atoms. The molecule has 1 aromatic carbocycles. The van der Waals surface area contributed by atoms with Gasteiger partial charge in [0.25, 0.3) is 0 Å². The summed E-state index contributed by atoms with van der Waals surface area (Å²) in [6.07, 6.45) is 0.851. The molecule has 1 aromatic heterocycles. The lowest BCUT2D eigenvalue weighted by Crippen LogP contribution is -2.14. The second kappa shape index (κ2) is 5.14. The summed E-state index contributed by atoms with van der Waals surface area (Å²) in [5.41, 5.74) is 8.53. The molecule has 0 aliphatic carbocycles. The first-order chi connectivity index (χ1) is 7.81. The van der Waals surface area contributed by atoms with Gasteiger partial charge < -0.3 is 10.5 Å². The van der Waals surface area contributed by atoms with Gasteiger partial charge in [0.15, 0.2) is 0 Å². The maximum atomic E-state index is 6.19. The molecule has 0 amide bonds. The van der Waals surface area contributed by atoms with Gasteiger partial charge in [-0.3, -0.25) is 0 Å². The minimum atomic E-state index is -0.00856. The molecule has 1 unspecified atom stereocenters. The molecule has 0 aliphatic heterocycles. The first kappa shape index (κ1) is 11.2. The molecular formula is C13H15NOS. The van der Waals surface area contributed by atoms with Crippen LogP contribution in [0, 0.1) is 0 Å². The molecule has 0 fully saturated rings. The van der Waals surface area contributed by atoms with E-state index in [0.29, 0.717) is 0 Å². The van der Waals surface area contributed by atoms with Crippen LogP contribution in [0.1, 0.15) is 17.2 Å². The highest BCUT2D eigenvalue weighted by Gasteiger charge is 2.11. The van der Waals surface area contributed by atoms with E-state index in [2.05, 4.69) is 16.8 Å². The van der Waals surface area contributed by atoms with Crippen molar-refractivity contribution in [1.29, 1.82) is 0 Å². The van der Waals surface area contributed by atoms with Gasteiger partial charge >= 0.3 is 0 Å². The van der Waals surface area contributed by atoms with Crippen LogP contribution in [0.25, 0.3) is 0 Å². The Balaban J connectivity index is 2.17. The molecule has 1 atom stereocenters. The molecule has 0 aliphatic rings. The van der Waals surface area contributed by atoms with E-state index >= 15 is 0 Å². The first-order valence-electron chi connectivity index (χ1n) is 5.21. The summed E-state index contributed by atoms with van der Waals surface area (Å²) in [6.45, 7) is 0. The van der Waals surface area contributed by atoms with Crippen LogP contribution in [0.4, 0.5) is 0 Å². The minimum absolute atomic E-state index is 0.00856. The van der Waals surface area contributed by atoms with E-state index in [1.54, 1.807) is 18.4 Å². The predicted octanol–water partition coefficient (Wildman–Crippen LogP) is 3.00. The normalized spacial score (nSPS) is 12.4. The van der Waals surface area contributed by atoms with Gasteiger partial charge in [-0.15, -0.1) is 0 Å². The molecule has 1 heterocycles. The van der Waals surface area contributed by atoms with Crippen molar-refractivity contribution in [2.75, 3.05) is 7.11 Å². The fourth-order valence-electron chi connectivity index (χ4n) is 1.75. The topological polar surface area (TPSA) is 35.2 Å². The fraction of sp³-hybridized carbons (Fsp3) is 0.231. The Hall–Kier alpha value is -1.32. The molecule has 2 rings (SSSR count). The fourth-order valence-corrected chi connectivity index (χ4v) is 2.43. The van der Waals surface area contributed by atoms with Crippen LogP contribution in [-0.2, 0) is 6.42 Å². The maximum absolute atomic E-state index is 6.19.